The molecule has 6 nitrogen and oxygen atoms in total. The van der Waals surface area contributed by atoms with E-state index in [0.29, 0.717) is 16.5 Å². The first-order valence-corrected chi connectivity index (χ1v) is 9.96. The van der Waals surface area contributed by atoms with Gasteiger partial charge in [0.15, 0.2) is 6.29 Å². The average Bonchev–Trinajstić information content (AvgIpc) is 2.75. The molecule has 0 bridgehead atoms. The van der Waals surface area contributed by atoms with Gasteiger partial charge in [-0.25, -0.2) is 9.97 Å². The summed E-state index contributed by atoms with van der Waals surface area (Å²) in [5.74, 6) is 0.489. The minimum Gasteiger partial charge on any atom is -0.371 e. The molecule has 0 saturated carbocycles. The molecule has 2 aromatic carbocycles. The number of carbonyl (C=O) groups excluding carboxylic acids is 1. The Balaban J connectivity index is 0.00000256. The quantitative estimate of drug-likeness (QED) is 0.555. The minimum absolute atomic E-state index is 0. The first-order chi connectivity index (χ1) is 14.1. The number of nitrogens with two attached hydrogens (primary N) is 1. The fourth-order valence-corrected chi connectivity index (χ4v) is 3.59. The van der Waals surface area contributed by atoms with Gasteiger partial charge < -0.3 is 16.0 Å². The van der Waals surface area contributed by atoms with E-state index in [1.807, 2.05) is 48.5 Å². The third-order valence-corrected chi connectivity index (χ3v) is 5.34. The second-order valence-corrected chi connectivity index (χ2v) is 7.55. The number of carbonyl (C=O) groups is 1. The maximum atomic E-state index is 11.5. The fourth-order valence-electron chi connectivity index (χ4n) is 3.46. The van der Waals surface area contributed by atoms with E-state index in [9.17, 15) is 4.79 Å². The molecule has 30 heavy (non-hydrogen) atoms. The van der Waals surface area contributed by atoms with Gasteiger partial charge in [0.05, 0.1) is 5.69 Å². The highest BCUT2D eigenvalue weighted by atomic mass is 35.5. The van der Waals surface area contributed by atoms with E-state index in [0.717, 1.165) is 54.8 Å². The third kappa shape index (κ3) is 5.08. The van der Waals surface area contributed by atoms with Crippen LogP contribution >= 0.6 is 24.0 Å². The topological polar surface area (TPSA) is 84.1 Å². The largest absolute Gasteiger partial charge is 0.371 e. The molecule has 1 aliphatic heterocycles. The molecule has 8 heteroatoms. The molecule has 1 aromatic heterocycles. The Morgan fingerprint density at radius 3 is 2.53 bits per heavy atom. The van der Waals surface area contributed by atoms with Crippen LogP contribution < -0.4 is 16.0 Å². The number of benzene rings is 2. The van der Waals surface area contributed by atoms with E-state index < -0.39 is 0 Å². The van der Waals surface area contributed by atoms with Gasteiger partial charge in [-0.3, -0.25) is 4.79 Å². The van der Waals surface area contributed by atoms with Crippen LogP contribution in [0.1, 0.15) is 23.2 Å². The Labute approximate surface area is 186 Å². The van der Waals surface area contributed by atoms with Crippen molar-refractivity contribution >= 4 is 47.6 Å². The maximum Gasteiger partial charge on any atom is 0.227 e. The van der Waals surface area contributed by atoms with E-state index >= 15 is 0 Å². The van der Waals surface area contributed by atoms with Crippen molar-refractivity contribution in [3.05, 3.63) is 65.3 Å². The monoisotopic (exact) mass is 443 g/mol. The molecule has 0 unspecified atom stereocenters. The van der Waals surface area contributed by atoms with Crippen molar-refractivity contribution in [1.29, 1.82) is 0 Å². The highest BCUT2D eigenvalue weighted by Crippen LogP contribution is 2.28. The molecule has 1 aliphatic rings. The summed E-state index contributed by atoms with van der Waals surface area (Å²) in [5, 5.41) is 3.93. The number of halogens is 2. The van der Waals surface area contributed by atoms with Crippen molar-refractivity contribution in [1.82, 2.24) is 9.97 Å². The first kappa shape index (κ1) is 22.0. The second kappa shape index (κ2) is 9.89. The number of aldehydes is 1. The molecule has 4 rings (SSSR count). The predicted molar refractivity (Wildman–Crippen MR) is 124 cm³/mol. The van der Waals surface area contributed by atoms with E-state index in [1.54, 1.807) is 6.20 Å². The zero-order valence-corrected chi connectivity index (χ0v) is 17.9. The van der Waals surface area contributed by atoms with Gasteiger partial charge in [0, 0.05) is 52.9 Å². The Bertz CT molecular complexity index is 1000. The highest BCUT2D eigenvalue weighted by Gasteiger charge is 2.19. The summed E-state index contributed by atoms with van der Waals surface area (Å²) in [7, 11) is 0. The van der Waals surface area contributed by atoms with Gasteiger partial charge in [-0.15, -0.1) is 12.4 Å². The van der Waals surface area contributed by atoms with Gasteiger partial charge in [-0.1, -0.05) is 23.7 Å². The summed E-state index contributed by atoms with van der Waals surface area (Å²) in [5.41, 5.74) is 10.2. The zero-order valence-electron chi connectivity index (χ0n) is 16.3. The summed E-state index contributed by atoms with van der Waals surface area (Å²) >= 11 is 5.97. The molecule has 0 amide bonds. The van der Waals surface area contributed by atoms with Crippen LogP contribution in [0.25, 0.3) is 11.3 Å². The normalized spacial score (nSPS) is 14.1. The predicted octanol–water partition coefficient (Wildman–Crippen LogP) is 4.70. The van der Waals surface area contributed by atoms with E-state index in [-0.39, 0.29) is 18.4 Å². The van der Waals surface area contributed by atoms with Gasteiger partial charge in [0.25, 0.3) is 0 Å². The number of rotatable bonds is 5. The number of hydrogen-bond acceptors (Lipinski definition) is 6. The van der Waals surface area contributed by atoms with Crippen molar-refractivity contribution < 1.29 is 4.79 Å². The van der Waals surface area contributed by atoms with Gasteiger partial charge in [0.2, 0.25) is 5.95 Å². The lowest BCUT2D eigenvalue weighted by Crippen LogP contribution is -2.40. The first-order valence-electron chi connectivity index (χ1n) is 9.58. The Morgan fingerprint density at radius 1 is 1.10 bits per heavy atom. The lowest BCUT2D eigenvalue weighted by atomic mass is 10.0. The van der Waals surface area contributed by atoms with E-state index in [4.69, 9.17) is 17.3 Å². The number of anilines is 3. The second-order valence-electron chi connectivity index (χ2n) is 7.11. The number of nitrogens with one attached hydrogen (secondary N) is 1. The molecule has 156 valence electrons. The summed E-state index contributed by atoms with van der Waals surface area (Å²) in [6.07, 6.45) is 4.45. The Hall–Kier alpha value is -2.67. The molecule has 3 aromatic rings. The highest BCUT2D eigenvalue weighted by molar-refractivity contribution is 6.30. The Morgan fingerprint density at radius 2 is 1.83 bits per heavy atom. The lowest BCUT2D eigenvalue weighted by Gasteiger charge is -2.33. The van der Waals surface area contributed by atoms with Gasteiger partial charge in [-0.05, 0) is 49.2 Å². The van der Waals surface area contributed by atoms with Gasteiger partial charge in [0.1, 0.15) is 0 Å². The van der Waals surface area contributed by atoms with Crippen LogP contribution in [-0.2, 0) is 0 Å². The van der Waals surface area contributed by atoms with Crippen molar-refractivity contribution in [2.75, 3.05) is 23.3 Å². The van der Waals surface area contributed by atoms with Crippen molar-refractivity contribution in [2.45, 2.75) is 18.9 Å². The van der Waals surface area contributed by atoms with Crippen LogP contribution in [0, 0.1) is 0 Å². The molecule has 0 atom stereocenters. The van der Waals surface area contributed by atoms with Crippen LogP contribution in [0.2, 0.25) is 5.02 Å². The smallest absolute Gasteiger partial charge is 0.227 e. The minimum atomic E-state index is 0. The Kier molecular flexibility index (Phi) is 7.26. The molecular weight excluding hydrogens is 421 g/mol. The standard InChI is InChI=1S/C22H22ClN5O.ClH/c23-17-4-1-15(2-5-17)20-7-10-25-22(27-20)26-19-6-3-16(14-29)21(13-19)28-11-8-18(24)9-12-28;/h1-7,10,13-14,18H,8-9,11-12,24H2,(H,25,26,27);1H. The van der Waals surface area contributed by atoms with E-state index in [1.165, 1.54) is 0 Å². The molecule has 2 heterocycles. The van der Waals surface area contributed by atoms with Crippen LogP contribution in [-0.4, -0.2) is 35.4 Å². The van der Waals surface area contributed by atoms with Crippen LogP contribution in [0.5, 0.6) is 0 Å². The summed E-state index contributed by atoms with van der Waals surface area (Å²) in [6.45, 7) is 1.68. The van der Waals surface area contributed by atoms with Gasteiger partial charge in [-0.2, -0.15) is 0 Å². The van der Waals surface area contributed by atoms with Crippen molar-refractivity contribution in [3.63, 3.8) is 0 Å². The van der Waals surface area contributed by atoms with Crippen LogP contribution in [0.4, 0.5) is 17.3 Å². The number of nitrogens with zero attached hydrogens (tertiary/aromatic N) is 3. The maximum absolute atomic E-state index is 11.5. The van der Waals surface area contributed by atoms with Crippen LogP contribution in [0.15, 0.2) is 54.7 Å². The number of aromatic nitrogens is 2. The summed E-state index contributed by atoms with van der Waals surface area (Å²) < 4.78 is 0. The average molecular weight is 444 g/mol. The number of piperidine rings is 1. The van der Waals surface area contributed by atoms with Crippen LogP contribution in [0.3, 0.4) is 0 Å². The molecule has 0 aliphatic carbocycles. The van der Waals surface area contributed by atoms with Crippen molar-refractivity contribution in [3.8, 4) is 11.3 Å². The molecule has 3 N–H and O–H groups in total. The zero-order chi connectivity index (χ0) is 20.2. The molecule has 1 saturated heterocycles. The summed E-state index contributed by atoms with van der Waals surface area (Å²) in [4.78, 5) is 22.7. The SMILES string of the molecule is Cl.NC1CCN(c2cc(Nc3nccc(-c4ccc(Cl)cc4)n3)ccc2C=O)CC1. The molecular formula is C22H23Cl2N5O. The molecule has 1 fully saturated rings. The summed E-state index contributed by atoms with van der Waals surface area (Å²) in [6, 6.07) is 15.3. The third-order valence-electron chi connectivity index (χ3n) is 5.09. The molecule has 0 spiro atoms. The van der Waals surface area contributed by atoms with Gasteiger partial charge >= 0.3 is 0 Å². The lowest BCUT2D eigenvalue weighted by molar-refractivity contribution is 0.112. The van der Waals surface area contributed by atoms with Crippen molar-refractivity contribution in [2.24, 2.45) is 5.73 Å². The fraction of sp³-hybridized carbons (Fsp3) is 0.227. The molecule has 0 radical (unpaired) electrons. The van der Waals surface area contributed by atoms with E-state index in [2.05, 4.69) is 20.2 Å². The number of hydrogen-bond donors (Lipinski definition) is 2.